The maximum absolute atomic E-state index is 12.2. The average molecular weight is 207 g/mol. The zero-order chi connectivity index (χ0) is 10.9. The molecule has 14 heavy (non-hydrogen) atoms. The van der Waals surface area contributed by atoms with Crippen LogP contribution in [-0.4, -0.2) is 24.2 Å². The number of rotatable bonds is 0. The van der Waals surface area contributed by atoms with Crippen LogP contribution in [0.2, 0.25) is 0 Å². The van der Waals surface area contributed by atoms with Crippen LogP contribution in [0.5, 0.6) is 0 Å². The number of carbonyl (C=O) groups excluding carboxylic acids is 2. The fourth-order valence-corrected chi connectivity index (χ4v) is 1.01. The van der Waals surface area contributed by atoms with Crippen LogP contribution in [-0.2, 0) is 4.79 Å². The van der Waals surface area contributed by atoms with Crippen molar-refractivity contribution in [3.05, 3.63) is 0 Å². The molecule has 1 aliphatic rings. The number of carbonyl (C=O) groups is 2. The van der Waals surface area contributed by atoms with E-state index in [0.29, 0.717) is 0 Å². The van der Waals surface area contributed by atoms with Gasteiger partial charge in [-0.2, -0.15) is 18.4 Å². The van der Waals surface area contributed by atoms with E-state index in [9.17, 15) is 22.8 Å². The maximum Gasteiger partial charge on any atom is 0.410 e. The lowest BCUT2D eigenvalue weighted by Crippen LogP contribution is -2.62. The summed E-state index contributed by atoms with van der Waals surface area (Å²) in [6.45, 7) is 0. The predicted octanol–water partition coefficient (Wildman–Crippen LogP) is -0.104. The van der Waals surface area contributed by atoms with Crippen molar-refractivity contribution >= 4 is 11.9 Å². The number of nitrogens with one attached hydrogen (secondary N) is 2. The van der Waals surface area contributed by atoms with Crippen LogP contribution in [0.1, 0.15) is 0 Å². The van der Waals surface area contributed by atoms with Gasteiger partial charge >= 0.3 is 12.2 Å². The van der Waals surface area contributed by atoms with Crippen LogP contribution < -0.4 is 10.6 Å². The minimum absolute atomic E-state index is 1.18. The number of imide groups is 1. The van der Waals surface area contributed by atoms with Gasteiger partial charge in [0.1, 0.15) is 0 Å². The van der Waals surface area contributed by atoms with Crippen molar-refractivity contribution in [1.82, 2.24) is 10.6 Å². The zero-order valence-corrected chi connectivity index (χ0v) is 6.55. The van der Waals surface area contributed by atoms with Crippen LogP contribution in [0, 0.1) is 17.2 Å². The van der Waals surface area contributed by atoms with Crippen molar-refractivity contribution in [2.75, 3.05) is 0 Å². The SMILES string of the molecule is N#CC1C(=O)NC(=O)NC1C(F)(F)F. The molecule has 1 fully saturated rings. The highest BCUT2D eigenvalue weighted by atomic mass is 19.4. The molecule has 0 aromatic heterocycles. The minimum Gasteiger partial charge on any atom is -0.324 e. The second-order valence-electron chi connectivity index (χ2n) is 2.59. The largest absolute Gasteiger partial charge is 0.410 e. The van der Waals surface area contributed by atoms with Gasteiger partial charge in [0.05, 0.1) is 6.07 Å². The van der Waals surface area contributed by atoms with Crippen molar-refractivity contribution in [2.45, 2.75) is 12.2 Å². The Morgan fingerprint density at radius 3 is 2.36 bits per heavy atom. The number of hydrogen-bond acceptors (Lipinski definition) is 3. The van der Waals surface area contributed by atoms with E-state index in [2.05, 4.69) is 0 Å². The second kappa shape index (κ2) is 3.17. The molecular formula is C6H4F3N3O2. The van der Waals surface area contributed by atoms with E-state index in [4.69, 9.17) is 5.26 Å². The topological polar surface area (TPSA) is 82.0 Å². The molecular weight excluding hydrogens is 203 g/mol. The summed E-state index contributed by atoms with van der Waals surface area (Å²) in [6.07, 6.45) is -4.81. The Bertz CT molecular complexity index is 319. The number of hydrogen-bond donors (Lipinski definition) is 2. The van der Waals surface area contributed by atoms with Crippen molar-refractivity contribution in [2.24, 2.45) is 5.92 Å². The predicted molar refractivity (Wildman–Crippen MR) is 35.6 cm³/mol. The number of halogens is 3. The standard InChI is InChI=1S/C6H4F3N3O2/c7-6(8,9)3-2(1-10)4(13)12-5(14)11-3/h2-3H,(H2,11,12,13,14). The zero-order valence-electron chi connectivity index (χ0n) is 6.55. The molecule has 76 valence electrons. The molecule has 3 amide bonds. The lowest BCUT2D eigenvalue weighted by Gasteiger charge is -2.28. The van der Waals surface area contributed by atoms with Gasteiger partial charge in [0.25, 0.3) is 0 Å². The summed E-state index contributed by atoms with van der Waals surface area (Å²) in [5, 5.41) is 11.4. The van der Waals surface area contributed by atoms with Gasteiger partial charge in [-0.3, -0.25) is 10.1 Å². The monoisotopic (exact) mass is 207 g/mol. The van der Waals surface area contributed by atoms with E-state index in [1.807, 2.05) is 0 Å². The van der Waals surface area contributed by atoms with Crippen molar-refractivity contribution in [3.63, 3.8) is 0 Å². The van der Waals surface area contributed by atoms with Crippen molar-refractivity contribution in [3.8, 4) is 6.07 Å². The Labute approximate surface area is 75.9 Å². The van der Waals surface area contributed by atoms with Gasteiger partial charge < -0.3 is 5.32 Å². The molecule has 0 bridgehead atoms. The molecule has 2 unspecified atom stereocenters. The molecule has 0 spiro atoms. The van der Waals surface area contributed by atoms with E-state index in [0.717, 1.165) is 0 Å². The summed E-state index contributed by atoms with van der Waals surface area (Å²) in [5.41, 5.74) is 0. The molecule has 0 aromatic rings. The molecule has 8 heteroatoms. The van der Waals surface area contributed by atoms with Gasteiger partial charge in [0, 0.05) is 0 Å². The minimum atomic E-state index is -4.81. The highest BCUT2D eigenvalue weighted by Gasteiger charge is 2.51. The smallest absolute Gasteiger partial charge is 0.324 e. The molecule has 0 aromatic carbocycles. The van der Waals surface area contributed by atoms with Gasteiger partial charge in [0.15, 0.2) is 12.0 Å². The first-order valence-corrected chi connectivity index (χ1v) is 3.44. The van der Waals surface area contributed by atoms with Gasteiger partial charge in [0.2, 0.25) is 5.91 Å². The Morgan fingerprint density at radius 1 is 1.36 bits per heavy atom. The summed E-state index contributed by atoms with van der Waals surface area (Å²) >= 11 is 0. The molecule has 1 rings (SSSR count). The first kappa shape index (κ1) is 10.3. The highest BCUT2D eigenvalue weighted by Crippen LogP contribution is 2.27. The molecule has 5 nitrogen and oxygen atoms in total. The molecule has 0 aliphatic carbocycles. The molecule has 2 atom stereocenters. The lowest BCUT2D eigenvalue weighted by molar-refractivity contribution is -0.168. The van der Waals surface area contributed by atoms with Crippen LogP contribution >= 0.6 is 0 Å². The number of amides is 3. The maximum atomic E-state index is 12.2. The molecule has 1 saturated heterocycles. The summed E-state index contributed by atoms with van der Waals surface area (Å²) in [7, 11) is 0. The Morgan fingerprint density at radius 2 is 1.93 bits per heavy atom. The molecule has 0 saturated carbocycles. The summed E-state index contributed by atoms with van der Waals surface area (Å²) in [6, 6.07) is -2.50. The van der Waals surface area contributed by atoms with Crippen molar-refractivity contribution < 1.29 is 22.8 Å². The lowest BCUT2D eigenvalue weighted by atomic mass is 9.98. The summed E-state index contributed by atoms with van der Waals surface area (Å²) < 4.78 is 36.5. The van der Waals surface area contributed by atoms with Crippen LogP contribution in [0.25, 0.3) is 0 Å². The number of nitriles is 1. The number of urea groups is 1. The first-order valence-electron chi connectivity index (χ1n) is 3.44. The van der Waals surface area contributed by atoms with E-state index < -0.39 is 30.1 Å². The summed E-state index contributed by atoms with van der Waals surface area (Å²) in [5.74, 6) is -3.17. The normalized spacial score (nSPS) is 27.6. The second-order valence-corrected chi connectivity index (χ2v) is 2.59. The van der Waals surface area contributed by atoms with Gasteiger partial charge in [-0.05, 0) is 0 Å². The fourth-order valence-electron chi connectivity index (χ4n) is 1.01. The van der Waals surface area contributed by atoms with Crippen LogP contribution in [0.4, 0.5) is 18.0 Å². The van der Waals surface area contributed by atoms with Gasteiger partial charge in [-0.1, -0.05) is 0 Å². The molecule has 2 N–H and O–H groups in total. The highest BCUT2D eigenvalue weighted by molar-refractivity contribution is 5.99. The van der Waals surface area contributed by atoms with Crippen LogP contribution in [0.3, 0.4) is 0 Å². The number of nitrogens with zero attached hydrogens (tertiary/aromatic N) is 1. The fraction of sp³-hybridized carbons (Fsp3) is 0.500. The first-order chi connectivity index (χ1) is 6.36. The molecule has 1 aliphatic heterocycles. The average Bonchev–Trinajstić information content (AvgIpc) is 2.01. The third kappa shape index (κ3) is 1.76. The van der Waals surface area contributed by atoms with E-state index in [1.54, 1.807) is 5.32 Å². The number of alkyl halides is 3. The van der Waals surface area contributed by atoms with E-state index >= 15 is 0 Å². The van der Waals surface area contributed by atoms with Gasteiger partial charge in [-0.25, -0.2) is 4.79 Å². The van der Waals surface area contributed by atoms with Gasteiger partial charge in [-0.15, -0.1) is 0 Å². The van der Waals surface area contributed by atoms with E-state index in [-0.39, 0.29) is 0 Å². The van der Waals surface area contributed by atoms with Crippen LogP contribution in [0.15, 0.2) is 0 Å². The Balaban J connectivity index is 2.96. The van der Waals surface area contributed by atoms with Crippen molar-refractivity contribution in [1.29, 1.82) is 5.26 Å². The summed E-state index contributed by atoms with van der Waals surface area (Å²) in [4.78, 5) is 21.3. The van der Waals surface area contributed by atoms with E-state index in [1.165, 1.54) is 11.4 Å². The quantitative estimate of drug-likeness (QED) is 0.581. The Kier molecular flexibility index (Phi) is 2.33. The third-order valence-corrected chi connectivity index (χ3v) is 1.63. The third-order valence-electron chi connectivity index (χ3n) is 1.63. The molecule has 1 heterocycles. The molecule has 0 radical (unpaired) electrons. The Hall–Kier alpha value is -1.78.